The third kappa shape index (κ3) is 4.92. The summed E-state index contributed by atoms with van der Waals surface area (Å²) in [6, 6.07) is 16.5. The van der Waals surface area contributed by atoms with Gasteiger partial charge in [0.05, 0.1) is 6.61 Å². The summed E-state index contributed by atoms with van der Waals surface area (Å²) in [6.07, 6.45) is 5.57. The zero-order chi connectivity index (χ0) is 15.8. The Morgan fingerprint density at radius 3 is 2.27 bits per heavy atom. The average Bonchev–Trinajstić information content (AvgIpc) is 2.55. The summed E-state index contributed by atoms with van der Waals surface area (Å²) in [5, 5.41) is 0.756. The van der Waals surface area contributed by atoms with Crippen molar-refractivity contribution in [2.75, 3.05) is 6.61 Å². The van der Waals surface area contributed by atoms with E-state index in [-0.39, 0.29) is 0 Å². The van der Waals surface area contributed by atoms with Gasteiger partial charge in [0, 0.05) is 5.03 Å². The molecule has 22 heavy (non-hydrogen) atoms. The van der Waals surface area contributed by atoms with Crippen LogP contribution in [-0.4, -0.2) is 6.61 Å². The molecule has 2 rings (SSSR count). The van der Waals surface area contributed by atoms with Gasteiger partial charge in [-0.2, -0.15) is 0 Å². The first-order chi connectivity index (χ1) is 10.7. The third-order valence-corrected chi connectivity index (χ3v) is 3.86. The average molecular weight is 315 g/mol. The molecular formula is C20H23ClO. The number of benzene rings is 2. The van der Waals surface area contributed by atoms with Crippen LogP contribution in [0.2, 0.25) is 0 Å². The van der Waals surface area contributed by atoms with Gasteiger partial charge in [-0.3, -0.25) is 0 Å². The van der Waals surface area contributed by atoms with Crippen LogP contribution in [0.5, 0.6) is 5.75 Å². The van der Waals surface area contributed by atoms with Crippen molar-refractivity contribution in [3.63, 3.8) is 0 Å². The molecular weight excluding hydrogens is 292 g/mol. The fourth-order valence-electron chi connectivity index (χ4n) is 2.27. The van der Waals surface area contributed by atoms with Gasteiger partial charge >= 0.3 is 0 Å². The van der Waals surface area contributed by atoms with E-state index in [1.807, 2.05) is 37.3 Å². The first kappa shape index (κ1) is 16.6. The topological polar surface area (TPSA) is 9.23 Å². The van der Waals surface area contributed by atoms with Crippen molar-refractivity contribution in [2.24, 2.45) is 0 Å². The minimum atomic E-state index is 0.681. The van der Waals surface area contributed by atoms with Crippen molar-refractivity contribution in [2.45, 2.75) is 33.1 Å². The monoisotopic (exact) mass is 314 g/mol. The molecule has 0 heterocycles. The maximum Gasteiger partial charge on any atom is 0.119 e. The lowest BCUT2D eigenvalue weighted by Crippen LogP contribution is -1.90. The van der Waals surface area contributed by atoms with Gasteiger partial charge in [-0.25, -0.2) is 0 Å². The van der Waals surface area contributed by atoms with Crippen molar-refractivity contribution in [3.8, 4) is 5.75 Å². The van der Waals surface area contributed by atoms with Gasteiger partial charge in [0.25, 0.3) is 0 Å². The first-order valence-corrected chi connectivity index (χ1v) is 8.30. The highest BCUT2D eigenvalue weighted by Crippen LogP contribution is 2.24. The quantitative estimate of drug-likeness (QED) is 0.556. The Morgan fingerprint density at radius 1 is 1.00 bits per heavy atom. The molecule has 0 bridgehead atoms. The summed E-state index contributed by atoms with van der Waals surface area (Å²) < 4.78 is 5.44. The molecule has 0 aliphatic carbocycles. The summed E-state index contributed by atoms with van der Waals surface area (Å²) in [5.74, 6) is 0.885. The van der Waals surface area contributed by atoms with E-state index in [4.69, 9.17) is 16.3 Å². The zero-order valence-corrected chi connectivity index (χ0v) is 14.1. The van der Waals surface area contributed by atoms with E-state index in [1.165, 1.54) is 18.4 Å². The standard InChI is InChI=1S/C20H23ClO/c1-3-5-6-16-7-11-18(12-8-16)20(21)15-17-9-13-19(14-10-17)22-4-2/h7-15H,3-6H2,1-2H3. The van der Waals surface area contributed by atoms with E-state index >= 15 is 0 Å². The van der Waals surface area contributed by atoms with Crippen LogP contribution in [0.1, 0.15) is 43.4 Å². The number of unbranched alkanes of at least 4 members (excludes halogenated alkanes) is 1. The molecule has 0 radical (unpaired) electrons. The third-order valence-electron chi connectivity index (χ3n) is 3.53. The number of aryl methyl sites for hydroxylation is 1. The predicted molar refractivity (Wildman–Crippen MR) is 96.4 cm³/mol. The highest BCUT2D eigenvalue weighted by Gasteiger charge is 2.00. The van der Waals surface area contributed by atoms with Gasteiger partial charge in [-0.1, -0.05) is 61.3 Å². The van der Waals surface area contributed by atoms with E-state index in [0.717, 1.165) is 28.3 Å². The van der Waals surface area contributed by atoms with Crippen molar-refractivity contribution >= 4 is 22.7 Å². The Labute approximate surface area is 138 Å². The second-order valence-corrected chi connectivity index (χ2v) is 5.70. The van der Waals surface area contributed by atoms with E-state index < -0.39 is 0 Å². The molecule has 0 N–H and O–H groups in total. The highest BCUT2D eigenvalue weighted by molar-refractivity contribution is 6.51. The Balaban J connectivity index is 2.07. The minimum absolute atomic E-state index is 0.681. The molecule has 0 unspecified atom stereocenters. The van der Waals surface area contributed by atoms with Gasteiger partial charge in [0.1, 0.15) is 5.75 Å². The fourth-order valence-corrected chi connectivity index (χ4v) is 2.52. The molecule has 2 aromatic carbocycles. The van der Waals surface area contributed by atoms with E-state index in [0.29, 0.717) is 6.61 Å². The molecule has 0 amide bonds. The molecule has 0 fully saturated rings. The summed E-state index contributed by atoms with van der Waals surface area (Å²) in [6.45, 7) is 4.87. The molecule has 116 valence electrons. The Morgan fingerprint density at radius 2 is 1.68 bits per heavy atom. The van der Waals surface area contributed by atoms with Crippen LogP contribution in [-0.2, 0) is 6.42 Å². The summed E-state index contributed by atoms with van der Waals surface area (Å²) in [4.78, 5) is 0. The molecule has 0 atom stereocenters. The first-order valence-electron chi connectivity index (χ1n) is 7.92. The second kappa shape index (κ2) is 8.65. The maximum atomic E-state index is 6.43. The SMILES string of the molecule is CCCCc1ccc(C(Cl)=Cc2ccc(OCC)cc2)cc1. The molecule has 0 aliphatic rings. The van der Waals surface area contributed by atoms with E-state index in [9.17, 15) is 0 Å². The van der Waals surface area contributed by atoms with Gasteiger partial charge in [-0.15, -0.1) is 0 Å². The van der Waals surface area contributed by atoms with Crippen LogP contribution >= 0.6 is 11.6 Å². The van der Waals surface area contributed by atoms with E-state index in [2.05, 4.69) is 31.2 Å². The lowest BCUT2D eigenvalue weighted by atomic mass is 10.1. The molecule has 0 spiro atoms. The normalized spacial score (nSPS) is 11.5. The lowest BCUT2D eigenvalue weighted by molar-refractivity contribution is 0.340. The number of hydrogen-bond acceptors (Lipinski definition) is 1. The Bertz CT molecular complexity index is 597. The number of rotatable bonds is 7. The van der Waals surface area contributed by atoms with Crippen molar-refractivity contribution in [3.05, 3.63) is 65.2 Å². The molecule has 0 saturated carbocycles. The number of hydrogen-bond donors (Lipinski definition) is 0. The van der Waals surface area contributed by atoms with Gasteiger partial charge in [-0.05, 0) is 54.7 Å². The van der Waals surface area contributed by atoms with Crippen LogP contribution in [0, 0.1) is 0 Å². The largest absolute Gasteiger partial charge is 0.494 e. The molecule has 0 saturated heterocycles. The zero-order valence-electron chi connectivity index (χ0n) is 13.3. The van der Waals surface area contributed by atoms with E-state index in [1.54, 1.807) is 0 Å². The van der Waals surface area contributed by atoms with Crippen molar-refractivity contribution in [1.29, 1.82) is 0 Å². The molecule has 2 aromatic rings. The fraction of sp³-hybridized carbons (Fsp3) is 0.300. The van der Waals surface area contributed by atoms with Crippen LogP contribution in [0.15, 0.2) is 48.5 Å². The van der Waals surface area contributed by atoms with Crippen LogP contribution in [0.3, 0.4) is 0 Å². The minimum Gasteiger partial charge on any atom is -0.494 e. The Hall–Kier alpha value is -1.73. The van der Waals surface area contributed by atoms with Crippen LogP contribution < -0.4 is 4.74 Å². The van der Waals surface area contributed by atoms with Crippen molar-refractivity contribution in [1.82, 2.24) is 0 Å². The Kier molecular flexibility index (Phi) is 6.54. The van der Waals surface area contributed by atoms with Crippen LogP contribution in [0.25, 0.3) is 11.1 Å². The molecule has 1 nitrogen and oxygen atoms in total. The highest BCUT2D eigenvalue weighted by atomic mass is 35.5. The van der Waals surface area contributed by atoms with Gasteiger partial charge in [0.15, 0.2) is 0 Å². The second-order valence-electron chi connectivity index (χ2n) is 5.29. The number of ether oxygens (including phenoxy) is 1. The molecule has 0 aromatic heterocycles. The predicted octanol–water partition coefficient (Wildman–Crippen LogP) is 6.16. The van der Waals surface area contributed by atoms with Crippen molar-refractivity contribution < 1.29 is 4.74 Å². The number of halogens is 1. The smallest absolute Gasteiger partial charge is 0.119 e. The van der Waals surface area contributed by atoms with Gasteiger partial charge in [0.2, 0.25) is 0 Å². The summed E-state index contributed by atoms with van der Waals surface area (Å²) in [7, 11) is 0. The summed E-state index contributed by atoms with van der Waals surface area (Å²) >= 11 is 6.43. The maximum absolute atomic E-state index is 6.43. The molecule has 2 heteroatoms. The summed E-state index contributed by atoms with van der Waals surface area (Å²) in [5.41, 5.74) is 3.50. The van der Waals surface area contributed by atoms with Crippen LogP contribution in [0.4, 0.5) is 0 Å². The van der Waals surface area contributed by atoms with Gasteiger partial charge < -0.3 is 4.74 Å². The molecule has 0 aliphatic heterocycles. The lowest BCUT2D eigenvalue weighted by Gasteiger charge is -2.05.